The number of hydrogen-bond acceptors (Lipinski definition) is 2. The fraction of sp³-hybridized carbons (Fsp3) is 0.444. The number of rotatable bonds is 2. The van der Waals surface area contributed by atoms with Gasteiger partial charge in [0.15, 0.2) is 4.67 Å². The highest BCUT2D eigenvalue weighted by Gasteiger charge is 2.28. The Labute approximate surface area is 83.9 Å². The topological polar surface area (TPSA) is 50.4 Å². The average Bonchev–Trinajstić information content (AvgIpc) is 2.51. The number of carboxylic acid groups (broad SMARTS) is 1. The van der Waals surface area contributed by atoms with Crippen molar-refractivity contribution in [2.75, 3.05) is 0 Å². The summed E-state index contributed by atoms with van der Waals surface area (Å²) in [6.07, 6.45) is 1.96. The average molecular weight is 245 g/mol. The lowest BCUT2D eigenvalue weighted by molar-refractivity contribution is -0.137. The van der Waals surface area contributed by atoms with Gasteiger partial charge in [-0.3, -0.25) is 4.79 Å². The van der Waals surface area contributed by atoms with Crippen LogP contribution in [-0.2, 0) is 11.2 Å². The van der Waals surface area contributed by atoms with Crippen molar-refractivity contribution in [1.29, 1.82) is 0 Å². The lowest BCUT2D eigenvalue weighted by atomic mass is 10.0. The first-order valence-corrected chi connectivity index (χ1v) is 4.96. The Hall–Kier alpha value is -0.770. The molecule has 70 valence electrons. The Morgan fingerprint density at radius 3 is 3.23 bits per heavy atom. The molecule has 4 heteroatoms. The van der Waals surface area contributed by atoms with E-state index in [9.17, 15) is 4.79 Å². The number of halogens is 1. The van der Waals surface area contributed by atoms with E-state index in [0.717, 1.165) is 24.2 Å². The van der Waals surface area contributed by atoms with Crippen molar-refractivity contribution in [3.8, 4) is 0 Å². The van der Waals surface area contributed by atoms with Crippen LogP contribution in [0.25, 0.3) is 0 Å². The van der Waals surface area contributed by atoms with Crippen LogP contribution >= 0.6 is 15.9 Å². The van der Waals surface area contributed by atoms with Crippen molar-refractivity contribution >= 4 is 21.9 Å². The van der Waals surface area contributed by atoms with Crippen LogP contribution < -0.4 is 0 Å². The monoisotopic (exact) mass is 244 g/mol. The van der Waals surface area contributed by atoms with Gasteiger partial charge in [-0.05, 0) is 39.9 Å². The molecular formula is C9H9BrO3. The molecule has 1 unspecified atom stereocenters. The molecule has 0 fully saturated rings. The third kappa shape index (κ3) is 1.63. The highest BCUT2D eigenvalue weighted by atomic mass is 79.9. The number of aryl methyl sites for hydroxylation is 1. The van der Waals surface area contributed by atoms with Crippen LogP contribution in [0.2, 0.25) is 0 Å². The number of carboxylic acids is 1. The van der Waals surface area contributed by atoms with E-state index in [-0.39, 0.29) is 12.3 Å². The van der Waals surface area contributed by atoms with Crippen LogP contribution in [0.5, 0.6) is 0 Å². The smallest absolute Gasteiger partial charge is 0.303 e. The van der Waals surface area contributed by atoms with E-state index in [1.165, 1.54) is 0 Å². The van der Waals surface area contributed by atoms with E-state index >= 15 is 0 Å². The van der Waals surface area contributed by atoms with Gasteiger partial charge in [0.2, 0.25) is 0 Å². The number of aliphatic carboxylic acids is 1. The number of carbonyl (C=O) groups is 1. The van der Waals surface area contributed by atoms with E-state index < -0.39 is 5.97 Å². The molecule has 1 aromatic heterocycles. The van der Waals surface area contributed by atoms with Crippen LogP contribution in [0.1, 0.15) is 30.1 Å². The molecule has 1 aromatic rings. The van der Waals surface area contributed by atoms with Gasteiger partial charge in [-0.1, -0.05) is 0 Å². The summed E-state index contributed by atoms with van der Waals surface area (Å²) in [6.45, 7) is 0. The normalized spacial score (nSPS) is 20.2. The number of hydrogen-bond donors (Lipinski definition) is 1. The second kappa shape index (κ2) is 3.18. The first-order valence-electron chi connectivity index (χ1n) is 4.16. The summed E-state index contributed by atoms with van der Waals surface area (Å²) in [7, 11) is 0. The first-order chi connectivity index (χ1) is 6.16. The van der Waals surface area contributed by atoms with Gasteiger partial charge in [0.05, 0.1) is 6.42 Å². The van der Waals surface area contributed by atoms with Crippen molar-refractivity contribution in [1.82, 2.24) is 0 Å². The Kier molecular flexibility index (Phi) is 2.15. The zero-order chi connectivity index (χ0) is 9.42. The molecule has 0 spiro atoms. The van der Waals surface area contributed by atoms with Gasteiger partial charge in [-0.2, -0.15) is 0 Å². The molecule has 1 aliphatic carbocycles. The third-order valence-corrected chi connectivity index (χ3v) is 2.78. The maximum atomic E-state index is 10.5. The highest BCUT2D eigenvalue weighted by molar-refractivity contribution is 9.10. The standard InChI is InChI=1S/C9H9BrO3/c10-8-4-6-5(3-9(11)12)1-2-7(6)13-8/h4-5H,1-3H2,(H,11,12). The maximum absolute atomic E-state index is 10.5. The minimum absolute atomic E-state index is 0.141. The summed E-state index contributed by atoms with van der Waals surface area (Å²) in [4.78, 5) is 10.5. The maximum Gasteiger partial charge on any atom is 0.303 e. The Bertz CT molecular complexity index is 343. The summed E-state index contributed by atoms with van der Waals surface area (Å²) in [5.74, 6) is 0.343. The number of furan rings is 1. The fourth-order valence-electron chi connectivity index (χ4n) is 1.83. The van der Waals surface area contributed by atoms with Crippen molar-refractivity contribution in [3.63, 3.8) is 0 Å². The minimum Gasteiger partial charge on any atom is -0.481 e. The molecule has 3 nitrogen and oxygen atoms in total. The van der Waals surface area contributed by atoms with E-state index in [1.807, 2.05) is 6.07 Å². The first kappa shape index (κ1) is 8.81. The Morgan fingerprint density at radius 1 is 1.77 bits per heavy atom. The van der Waals surface area contributed by atoms with Gasteiger partial charge in [-0.15, -0.1) is 0 Å². The molecule has 1 aliphatic rings. The van der Waals surface area contributed by atoms with Gasteiger partial charge in [-0.25, -0.2) is 0 Å². The van der Waals surface area contributed by atoms with Crippen LogP contribution in [0.3, 0.4) is 0 Å². The van der Waals surface area contributed by atoms with Gasteiger partial charge in [0.25, 0.3) is 0 Å². The molecule has 1 atom stereocenters. The molecule has 0 bridgehead atoms. The number of fused-ring (bicyclic) bond motifs is 1. The fourth-order valence-corrected chi connectivity index (χ4v) is 2.28. The van der Waals surface area contributed by atoms with Gasteiger partial charge >= 0.3 is 5.97 Å². The molecule has 0 saturated carbocycles. The van der Waals surface area contributed by atoms with Crippen LogP contribution in [0, 0.1) is 0 Å². The molecule has 2 rings (SSSR count). The molecule has 0 radical (unpaired) electrons. The lowest BCUT2D eigenvalue weighted by Gasteiger charge is -2.03. The van der Waals surface area contributed by atoms with E-state index in [0.29, 0.717) is 4.67 Å². The predicted molar refractivity (Wildman–Crippen MR) is 49.7 cm³/mol. The molecule has 0 aromatic carbocycles. The third-order valence-electron chi connectivity index (χ3n) is 2.39. The largest absolute Gasteiger partial charge is 0.481 e. The summed E-state index contributed by atoms with van der Waals surface area (Å²) in [6, 6.07) is 1.88. The van der Waals surface area contributed by atoms with Gasteiger partial charge < -0.3 is 9.52 Å². The highest BCUT2D eigenvalue weighted by Crippen LogP contribution is 2.38. The Morgan fingerprint density at radius 2 is 2.54 bits per heavy atom. The summed E-state index contributed by atoms with van der Waals surface area (Å²) in [5.41, 5.74) is 1.06. The second-order valence-corrected chi connectivity index (χ2v) is 4.04. The molecule has 1 heterocycles. The van der Waals surface area contributed by atoms with Gasteiger partial charge in [0, 0.05) is 6.42 Å². The van der Waals surface area contributed by atoms with Crippen molar-refractivity contribution < 1.29 is 14.3 Å². The zero-order valence-corrected chi connectivity index (χ0v) is 8.50. The van der Waals surface area contributed by atoms with E-state index in [1.54, 1.807) is 0 Å². The van der Waals surface area contributed by atoms with E-state index in [4.69, 9.17) is 9.52 Å². The Balaban J connectivity index is 2.22. The van der Waals surface area contributed by atoms with Crippen LogP contribution in [0.15, 0.2) is 15.2 Å². The molecule has 0 amide bonds. The quantitative estimate of drug-likeness (QED) is 0.870. The summed E-state index contributed by atoms with van der Waals surface area (Å²) >= 11 is 3.24. The van der Waals surface area contributed by atoms with Crippen molar-refractivity contribution in [2.45, 2.75) is 25.2 Å². The summed E-state index contributed by atoms with van der Waals surface area (Å²) in [5, 5.41) is 8.66. The summed E-state index contributed by atoms with van der Waals surface area (Å²) < 4.78 is 6.06. The second-order valence-electron chi connectivity index (χ2n) is 3.26. The minimum atomic E-state index is -0.741. The SMILES string of the molecule is O=C(O)CC1CCc2oc(Br)cc21. The molecule has 13 heavy (non-hydrogen) atoms. The molecular weight excluding hydrogens is 236 g/mol. The van der Waals surface area contributed by atoms with Gasteiger partial charge in [0.1, 0.15) is 5.76 Å². The van der Waals surface area contributed by atoms with Crippen molar-refractivity contribution in [3.05, 3.63) is 22.1 Å². The molecule has 1 N–H and O–H groups in total. The van der Waals surface area contributed by atoms with Crippen LogP contribution in [0.4, 0.5) is 0 Å². The van der Waals surface area contributed by atoms with E-state index in [2.05, 4.69) is 15.9 Å². The zero-order valence-electron chi connectivity index (χ0n) is 6.92. The van der Waals surface area contributed by atoms with Crippen LogP contribution in [-0.4, -0.2) is 11.1 Å². The predicted octanol–water partition coefficient (Wildman–Crippen LogP) is 2.55. The van der Waals surface area contributed by atoms with Crippen molar-refractivity contribution in [2.24, 2.45) is 0 Å². The molecule has 0 saturated heterocycles. The molecule has 0 aliphatic heterocycles. The lowest BCUT2D eigenvalue weighted by Crippen LogP contribution is -2.02.